The molecular formula is C19H38IN3O3. The smallest absolute Gasteiger partial charge is 0.193 e. The highest BCUT2D eigenvalue weighted by Crippen LogP contribution is 2.19. The number of nitrogens with one attached hydrogen (secondary N) is 1. The number of hydrogen-bond acceptors (Lipinski definition) is 4. The van der Waals surface area contributed by atoms with Crippen molar-refractivity contribution in [1.29, 1.82) is 0 Å². The molecule has 0 aromatic rings. The number of rotatable bonds is 9. The highest BCUT2D eigenvalue weighted by Gasteiger charge is 2.24. The largest absolute Gasteiger partial charge is 0.382 e. The molecule has 26 heavy (non-hydrogen) atoms. The van der Waals surface area contributed by atoms with Crippen LogP contribution in [0.5, 0.6) is 0 Å². The number of halogens is 1. The molecule has 0 aromatic heterocycles. The molecule has 0 radical (unpaired) electrons. The molecule has 1 unspecified atom stereocenters. The molecule has 0 amide bonds. The van der Waals surface area contributed by atoms with E-state index in [2.05, 4.69) is 15.2 Å². The lowest BCUT2D eigenvalue weighted by molar-refractivity contribution is 0.0465. The first-order chi connectivity index (χ1) is 12.3. The van der Waals surface area contributed by atoms with Gasteiger partial charge in [-0.25, -0.2) is 0 Å². The van der Waals surface area contributed by atoms with Crippen molar-refractivity contribution in [2.24, 2.45) is 10.9 Å². The summed E-state index contributed by atoms with van der Waals surface area (Å²) >= 11 is 0. The second-order valence-corrected chi connectivity index (χ2v) is 7.13. The average Bonchev–Trinajstić information content (AvgIpc) is 2.93. The molecule has 2 rings (SSSR count). The molecule has 1 saturated carbocycles. The van der Waals surface area contributed by atoms with Crippen molar-refractivity contribution in [3.8, 4) is 0 Å². The summed E-state index contributed by atoms with van der Waals surface area (Å²) in [6.07, 6.45) is 9.46. The number of aliphatic imine (C=N–C) groups is 1. The highest BCUT2D eigenvalue weighted by molar-refractivity contribution is 14.0. The van der Waals surface area contributed by atoms with Gasteiger partial charge in [0, 0.05) is 39.7 Å². The number of ether oxygens (including phenoxy) is 3. The first-order valence-electron chi connectivity index (χ1n) is 9.97. The third-order valence-electron chi connectivity index (χ3n) is 5.12. The van der Waals surface area contributed by atoms with Gasteiger partial charge in [0.2, 0.25) is 0 Å². The first kappa shape index (κ1) is 23.9. The van der Waals surface area contributed by atoms with Gasteiger partial charge in [-0.3, -0.25) is 4.99 Å². The molecule has 2 aliphatic rings. The van der Waals surface area contributed by atoms with Gasteiger partial charge in [-0.1, -0.05) is 25.7 Å². The van der Waals surface area contributed by atoms with Gasteiger partial charge in [-0.05, 0) is 19.3 Å². The molecule has 1 saturated heterocycles. The molecule has 0 spiro atoms. The molecule has 7 heteroatoms. The lowest BCUT2D eigenvalue weighted by Crippen LogP contribution is -2.41. The van der Waals surface area contributed by atoms with Crippen LogP contribution in [0, 0.1) is 5.92 Å². The van der Waals surface area contributed by atoms with Crippen LogP contribution in [0.4, 0.5) is 0 Å². The average molecular weight is 483 g/mol. The minimum atomic E-state index is 0. The van der Waals surface area contributed by atoms with E-state index >= 15 is 0 Å². The Morgan fingerprint density at radius 3 is 2.54 bits per heavy atom. The zero-order chi connectivity index (χ0) is 17.7. The fourth-order valence-electron chi connectivity index (χ4n) is 3.68. The molecule has 154 valence electrons. The fraction of sp³-hybridized carbons (Fsp3) is 0.947. The molecule has 6 nitrogen and oxygen atoms in total. The lowest BCUT2D eigenvalue weighted by atomic mass is 10.1. The van der Waals surface area contributed by atoms with Crippen LogP contribution in [0.1, 0.15) is 44.9 Å². The van der Waals surface area contributed by atoms with Crippen LogP contribution in [0.15, 0.2) is 4.99 Å². The maximum atomic E-state index is 6.05. The summed E-state index contributed by atoms with van der Waals surface area (Å²) in [6.45, 7) is 5.80. The highest BCUT2D eigenvalue weighted by atomic mass is 127. The third-order valence-corrected chi connectivity index (χ3v) is 5.12. The Kier molecular flexibility index (Phi) is 13.7. The van der Waals surface area contributed by atoms with Gasteiger partial charge in [-0.2, -0.15) is 0 Å². The number of likely N-dealkylation sites (tertiary alicyclic amines) is 1. The van der Waals surface area contributed by atoms with E-state index in [1.807, 2.05) is 7.05 Å². The van der Waals surface area contributed by atoms with E-state index in [4.69, 9.17) is 14.2 Å². The van der Waals surface area contributed by atoms with E-state index in [9.17, 15) is 0 Å². The summed E-state index contributed by atoms with van der Waals surface area (Å²) < 4.78 is 16.7. The first-order valence-corrected chi connectivity index (χ1v) is 9.97. The van der Waals surface area contributed by atoms with Gasteiger partial charge < -0.3 is 24.4 Å². The number of guanidine groups is 1. The van der Waals surface area contributed by atoms with Crippen molar-refractivity contribution in [2.45, 2.75) is 51.0 Å². The summed E-state index contributed by atoms with van der Waals surface area (Å²) in [6, 6.07) is 0. The van der Waals surface area contributed by atoms with Crippen LogP contribution in [-0.2, 0) is 14.2 Å². The van der Waals surface area contributed by atoms with E-state index in [1.165, 1.54) is 38.5 Å². The zero-order valence-electron chi connectivity index (χ0n) is 16.6. The van der Waals surface area contributed by atoms with Crippen LogP contribution in [-0.4, -0.2) is 77.2 Å². The van der Waals surface area contributed by atoms with Crippen molar-refractivity contribution < 1.29 is 14.2 Å². The molecule has 1 heterocycles. The second kappa shape index (κ2) is 14.9. The summed E-state index contributed by atoms with van der Waals surface area (Å²) in [5.41, 5.74) is 0. The monoisotopic (exact) mass is 483 g/mol. The number of methoxy groups -OCH3 is 1. The van der Waals surface area contributed by atoms with E-state index < -0.39 is 0 Å². The lowest BCUT2D eigenvalue weighted by Gasteiger charge is -2.22. The van der Waals surface area contributed by atoms with Crippen molar-refractivity contribution in [3.05, 3.63) is 0 Å². The molecule has 2 fully saturated rings. The number of nitrogens with zero attached hydrogens (tertiary/aromatic N) is 2. The van der Waals surface area contributed by atoms with Crippen LogP contribution >= 0.6 is 24.0 Å². The van der Waals surface area contributed by atoms with E-state index in [-0.39, 0.29) is 24.0 Å². The van der Waals surface area contributed by atoms with Crippen molar-refractivity contribution in [2.75, 3.05) is 60.2 Å². The van der Waals surface area contributed by atoms with Crippen LogP contribution in [0.2, 0.25) is 0 Å². The fourth-order valence-corrected chi connectivity index (χ4v) is 3.68. The topological polar surface area (TPSA) is 55.3 Å². The van der Waals surface area contributed by atoms with Crippen molar-refractivity contribution in [1.82, 2.24) is 10.2 Å². The summed E-state index contributed by atoms with van der Waals surface area (Å²) in [5.74, 6) is 1.57. The zero-order valence-corrected chi connectivity index (χ0v) is 18.9. The Morgan fingerprint density at radius 2 is 1.85 bits per heavy atom. The molecular weight excluding hydrogens is 445 g/mol. The maximum Gasteiger partial charge on any atom is 0.193 e. The number of hydrogen-bond donors (Lipinski definition) is 1. The predicted molar refractivity (Wildman–Crippen MR) is 117 cm³/mol. The molecule has 1 N–H and O–H groups in total. The van der Waals surface area contributed by atoms with Gasteiger partial charge in [-0.15, -0.1) is 24.0 Å². The molecule has 0 bridgehead atoms. The Bertz CT molecular complexity index is 377. The Morgan fingerprint density at radius 1 is 1.08 bits per heavy atom. The minimum absolute atomic E-state index is 0. The normalized spacial score (nSPS) is 22.2. The minimum Gasteiger partial charge on any atom is -0.382 e. The van der Waals surface area contributed by atoms with Gasteiger partial charge in [0.1, 0.15) is 0 Å². The van der Waals surface area contributed by atoms with Gasteiger partial charge in [0.05, 0.1) is 32.5 Å². The van der Waals surface area contributed by atoms with E-state index in [0.717, 1.165) is 45.2 Å². The van der Waals surface area contributed by atoms with Crippen molar-refractivity contribution >= 4 is 29.9 Å². The summed E-state index contributed by atoms with van der Waals surface area (Å²) in [7, 11) is 3.56. The third kappa shape index (κ3) is 9.19. The van der Waals surface area contributed by atoms with Gasteiger partial charge in [0.15, 0.2) is 5.96 Å². The van der Waals surface area contributed by atoms with Gasteiger partial charge in [0.25, 0.3) is 0 Å². The Labute approximate surface area is 176 Å². The summed E-state index contributed by atoms with van der Waals surface area (Å²) in [5, 5.41) is 3.45. The van der Waals surface area contributed by atoms with E-state index in [1.54, 1.807) is 7.11 Å². The standard InChI is InChI=1S/C19H37N3O3.HI/c1-20-19(21-10-12-25-18-7-5-3-4-6-8-18)22-11-9-17(15-22)16-24-14-13-23-2;/h17-18H,3-16H2,1-2H3,(H,20,21);1H. The van der Waals surface area contributed by atoms with E-state index in [0.29, 0.717) is 25.2 Å². The van der Waals surface area contributed by atoms with Crippen molar-refractivity contribution in [3.63, 3.8) is 0 Å². The predicted octanol–water partition coefficient (Wildman–Crippen LogP) is 2.90. The maximum absolute atomic E-state index is 6.05. The van der Waals surface area contributed by atoms with Crippen LogP contribution in [0.3, 0.4) is 0 Å². The molecule has 0 aromatic carbocycles. The van der Waals surface area contributed by atoms with Crippen LogP contribution < -0.4 is 5.32 Å². The molecule has 1 aliphatic heterocycles. The summed E-state index contributed by atoms with van der Waals surface area (Å²) in [4.78, 5) is 6.76. The van der Waals surface area contributed by atoms with Gasteiger partial charge >= 0.3 is 0 Å². The molecule has 1 aliphatic carbocycles. The quantitative estimate of drug-likeness (QED) is 0.180. The Balaban J connectivity index is 0.00000338. The van der Waals surface area contributed by atoms with Crippen LogP contribution in [0.25, 0.3) is 0 Å². The SMILES string of the molecule is CN=C(NCCOC1CCCCCC1)N1CCC(COCCOC)C1.I. The second-order valence-electron chi connectivity index (χ2n) is 7.13. The molecule has 1 atom stereocenters. The Hall–Kier alpha value is -0.120.